The fourth-order valence-electron chi connectivity index (χ4n) is 3.77. The van der Waals surface area contributed by atoms with Gasteiger partial charge in [-0.05, 0) is 55.8 Å². The molecule has 6 nitrogen and oxygen atoms in total. The van der Waals surface area contributed by atoms with Crippen molar-refractivity contribution in [3.8, 4) is 16.9 Å². The molecule has 1 N–H and O–H groups in total. The quantitative estimate of drug-likeness (QED) is 0.662. The van der Waals surface area contributed by atoms with Crippen LogP contribution < -0.4 is 5.32 Å². The predicted octanol–water partition coefficient (Wildman–Crippen LogP) is 3.36. The number of morpholine rings is 1. The first-order valence-corrected chi connectivity index (χ1v) is 10.5. The topological polar surface area (TPSA) is 59.4 Å². The van der Waals surface area contributed by atoms with Gasteiger partial charge in [0, 0.05) is 31.7 Å². The Morgan fingerprint density at radius 2 is 1.84 bits per heavy atom. The summed E-state index contributed by atoms with van der Waals surface area (Å²) in [7, 11) is 0. The van der Waals surface area contributed by atoms with E-state index in [9.17, 15) is 9.18 Å². The Balaban J connectivity index is 1.60. The minimum atomic E-state index is -0.307. The van der Waals surface area contributed by atoms with Crippen molar-refractivity contribution in [3.63, 3.8) is 0 Å². The van der Waals surface area contributed by atoms with Crippen molar-refractivity contribution >= 4 is 5.91 Å². The van der Waals surface area contributed by atoms with Crippen LogP contribution in [0.1, 0.15) is 21.6 Å². The van der Waals surface area contributed by atoms with Gasteiger partial charge in [0.1, 0.15) is 11.5 Å². The largest absolute Gasteiger partial charge is 0.379 e. The van der Waals surface area contributed by atoms with Gasteiger partial charge in [-0.15, -0.1) is 0 Å². The van der Waals surface area contributed by atoms with Crippen LogP contribution in [-0.4, -0.2) is 60.0 Å². The van der Waals surface area contributed by atoms with Crippen LogP contribution in [0.25, 0.3) is 16.9 Å². The Kier molecular flexibility index (Phi) is 6.44. The molecule has 0 bridgehead atoms. The first-order chi connectivity index (χ1) is 15.0. The smallest absolute Gasteiger partial charge is 0.270 e. The Labute approximate surface area is 181 Å². The van der Waals surface area contributed by atoms with E-state index in [1.807, 2.05) is 26.0 Å². The third kappa shape index (κ3) is 5.00. The second kappa shape index (κ2) is 9.41. The van der Waals surface area contributed by atoms with Gasteiger partial charge in [-0.2, -0.15) is 5.10 Å². The first kappa shape index (κ1) is 21.2. The number of amides is 1. The molecule has 0 atom stereocenters. The van der Waals surface area contributed by atoms with Gasteiger partial charge < -0.3 is 10.1 Å². The summed E-state index contributed by atoms with van der Waals surface area (Å²) < 4.78 is 20.4. The van der Waals surface area contributed by atoms with Crippen LogP contribution in [0.2, 0.25) is 0 Å². The van der Waals surface area contributed by atoms with Crippen molar-refractivity contribution in [1.82, 2.24) is 20.0 Å². The minimum absolute atomic E-state index is 0.186. The van der Waals surface area contributed by atoms with Crippen LogP contribution in [0.5, 0.6) is 0 Å². The number of hydrogen-bond donors (Lipinski definition) is 1. The molecule has 3 aromatic rings. The Hall–Kier alpha value is -3.03. The van der Waals surface area contributed by atoms with E-state index in [-0.39, 0.29) is 11.7 Å². The lowest BCUT2D eigenvalue weighted by atomic mass is 10.1. The molecule has 0 radical (unpaired) electrons. The van der Waals surface area contributed by atoms with Crippen molar-refractivity contribution < 1.29 is 13.9 Å². The van der Waals surface area contributed by atoms with Gasteiger partial charge >= 0.3 is 0 Å². The average molecular weight is 423 g/mol. The molecule has 162 valence electrons. The third-order valence-electron chi connectivity index (χ3n) is 5.48. The number of ether oxygens (including phenoxy) is 1. The zero-order valence-corrected chi connectivity index (χ0v) is 17.9. The fourth-order valence-corrected chi connectivity index (χ4v) is 3.77. The zero-order valence-electron chi connectivity index (χ0n) is 17.9. The molecule has 1 fully saturated rings. The van der Waals surface area contributed by atoms with Gasteiger partial charge in [0.25, 0.3) is 5.91 Å². The monoisotopic (exact) mass is 422 g/mol. The summed E-state index contributed by atoms with van der Waals surface area (Å²) in [5.41, 5.74) is 4.84. The highest BCUT2D eigenvalue weighted by Gasteiger charge is 2.19. The summed E-state index contributed by atoms with van der Waals surface area (Å²) in [4.78, 5) is 15.4. The lowest BCUT2D eigenvalue weighted by Gasteiger charge is -2.26. The van der Waals surface area contributed by atoms with Gasteiger partial charge in [0.15, 0.2) is 0 Å². The number of aryl methyl sites for hydroxylation is 2. The van der Waals surface area contributed by atoms with Crippen LogP contribution in [0, 0.1) is 19.7 Å². The molecule has 2 aromatic carbocycles. The van der Waals surface area contributed by atoms with E-state index in [1.54, 1.807) is 22.9 Å². The molecule has 4 rings (SSSR count). The van der Waals surface area contributed by atoms with Crippen LogP contribution in [0.3, 0.4) is 0 Å². The van der Waals surface area contributed by atoms with Crippen molar-refractivity contribution in [3.05, 3.63) is 71.2 Å². The van der Waals surface area contributed by atoms with Crippen molar-refractivity contribution in [1.29, 1.82) is 0 Å². The van der Waals surface area contributed by atoms with Crippen molar-refractivity contribution in [2.75, 3.05) is 39.4 Å². The predicted molar refractivity (Wildman–Crippen MR) is 118 cm³/mol. The summed E-state index contributed by atoms with van der Waals surface area (Å²) in [5, 5.41) is 7.72. The van der Waals surface area contributed by atoms with Crippen LogP contribution in [0.4, 0.5) is 4.39 Å². The van der Waals surface area contributed by atoms with Gasteiger partial charge in [-0.1, -0.05) is 17.7 Å². The molecule has 31 heavy (non-hydrogen) atoms. The number of carbonyl (C=O) groups is 1. The van der Waals surface area contributed by atoms with E-state index >= 15 is 0 Å². The summed E-state index contributed by atoms with van der Waals surface area (Å²) in [6.45, 7) is 8.57. The highest BCUT2D eigenvalue weighted by Crippen LogP contribution is 2.24. The number of carbonyl (C=O) groups excluding carboxylic acids is 1. The minimum Gasteiger partial charge on any atom is -0.379 e. The zero-order chi connectivity index (χ0) is 21.8. The maximum absolute atomic E-state index is 13.4. The summed E-state index contributed by atoms with van der Waals surface area (Å²) >= 11 is 0. The number of rotatable bonds is 6. The molecule has 0 unspecified atom stereocenters. The molecule has 7 heteroatoms. The van der Waals surface area contributed by atoms with Crippen molar-refractivity contribution in [2.45, 2.75) is 13.8 Å². The van der Waals surface area contributed by atoms with E-state index in [2.05, 4.69) is 16.3 Å². The maximum atomic E-state index is 13.4. The SMILES string of the molecule is Cc1ccc(-n2nc(-c3ccc(F)cc3)cc2C(=O)NCCN2CCOCC2)c(C)c1. The summed E-state index contributed by atoms with van der Waals surface area (Å²) in [6.07, 6.45) is 0. The van der Waals surface area contributed by atoms with Crippen LogP contribution >= 0.6 is 0 Å². The Morgan fingerprint density at radius 1 is 1.10 bits per heavy atom. The van der Waals surface area contributed by atoms with Gasteiger partial charge in [0.2, 0.25) is 0 Å². The number of nitrogens with zero attached hydrogens (tertiary/aromatic N) is 3. The second-order valence-corrected chi connectivity index (χ2v) is 7.83. The van der Waals surface area contributed by atoms with Crippen LogP contribution in [-0.2, 0) is 4.74 Å². The second-order valence-electron chi connectivity index (χ2n) is 7.83. The molecule has 0 aliphatic carbocycles. The maximum Gasteiger partial charge on any atom is 0.270 e. The lowest BCUT2D eigenvalue weighted by molar-refractivity contribution is 0.0383. The van der Waals surface area contributed by atoms with Gasteiger partial charge in [0.05, 0.1) is 24.6 Å². The Bertz CT molecular complexity index is 1060. The standard InChI is InChI=1S/C24H27FN4O2/c1-17-3-8-22(18(2)15-17)29-23(16-21(27-29)19-4-6-20(25)7-5-19)24(30)26-9-10-28-11-13-31-14-12-28/h3-8,15-16H,9-14H2,1-2H3,(H,26,30). The summed E-state index contributed by atoms with van der Waals surface area (Å²) in [5.74, 6) is -0.493. The van der Waals surface area contributed by atoms with Crippen LogP contribution in [0.15, 0.2) is 48.5 Å². The lowest BCUT2D eigenvalue weighted by Crippen LogP contribution is -2.41. The average Bonchev–Trinajstić information content (AvgIpc) is 3.20. The van der Waals surface area contributed by atoms with Gasteiger partial charge in [-0.3, -0.25) is 9.69 Å². The highest BCUT2D eigenvalue weighted by atomic mass is 19.1. The van der Waals surface area contributed by atoms with E-state index < -0.39 is 0 Å². The molecule has 1 aliphatic rings. The fraction of sp³-hybridized carbons (Fsp3) is 0.333. The number of nitrogens with one attached hydrogen (secondary N) is 1. The molecular formula is C24H27FN4O2. The highest BCUT2D eigenvalue weighted by molar-refractivity contribution is 5.94. The molecule has 0 saturated carbocycles. The van der Waals surface area contributed by atoms with Gasteiger partial charge in [-0.25, -0.2) is 9.07 Å². The number of aromatic nitrogens is 2. The normalized spacial score (nSPS) is 14.5. The molecular weight excluding hydrogens is 395 g/mol. The molecule has 1 aliphatic heterocycles. The first-order valence-electron chi connectivity index (χ1n) is 10.5. The summed E-state index contributed by atoms with van der Waals surface area (Å²) in [6, 6.07) is 13.9. The van der Waals surface area contributed by atoms with E-state index in [1.165, 1.54) is 12.1 Å². The van der Waals surface area contributed by atoms with Crippen molar-refractivity contribution in [2.24, 2.45) is 0 Å². The third-order valence-corrected chi connectivity index (χ3v) is 5.48. The van der Waals surface area contributed by atoms with E-state index in [4.69, 9.17) is 9.84 Å². The molecule has 1 aromatic heterocycles. The number of benzene rings is 2. The molecule has 1 saturated heterocycles. The molecule has 1 amide bonds. The number of hydrogen-bond acceptors (Lipinski definition) is 4. The molecule has 0 spiro atoms. The number of halogens is 1. The molecule has 2 heterocycles. The van der Waals surface area contributed by atoms with E-state index in [0.29, 0.717) is 17.9 Å². The Morgan fingerprint density at radius 3 is 2.55 bits per heavy atom. The van der Waals surface area contributed by atoms with E-state index in [0.717, 1.165) is 55.2 Å².